The normalized spacial score (nSPS) is 10.3. The highest BCUT2D eigenvalue weighted by atomic mass is 16.5. The highest BCUT2D eigenvalue weighted by Crippen LogP contribution is 2.24. The predicted octanol–water partition coefficient (Wildman–Crippen LogP) is 1.78. The number of hydrogen-bond acceptors (Lipinski definition) is 6. The van der Waals surface area contributed by atoms with Gasteiger partial charge in [-0.2, -0.15) is 0 Å². The molecule has 0 aliphatic rings. The molecule has 0 bridgehead atoms. The molecule has 2 heterocycles. The summed E-state index contributed by atoms with van der Waals surface area (Å²) in [6.07, 6.45) is 2.83. The molecule has 8 nitrogen and oxygen atoms in total. The third kappa shape index (κ3) is 4.12. The fourth-order valence-electron chi connectivity index (χ4n) is 2.46. The highest BCUT2D eigenvalue weighted by Gasteiger charge is 2.14. The van der Waals surface area contributed by atoms with Crippen LogP contribution in [-0.2, 0) is 6.54 Å². The molecule has 0 unspecified atom stereocenters. The van der Waals surface area contributed by atoms with Crippen LogP contribution >= 0.6 is 0 Å². The number of aromatic amines is 1. The van der Waals surface area contributed by atoms with E-state index in [0.29, 0.717) is 23.0 Å². The molecule has 1 aromatic carbocycles. The average Bonchev–Trinajstić information content (AvgIpc) is 2.72. The SMILES string of the molecule is COc1ccc(CNC(=O)c2cnc(-c3ccccn3)[nH]c2=O)c(OC)c1. The minimum absolute atomic E-state index is 0.0813. The summed E-state index contributed by atoms with van der Waals surface area (Å²) in [7, 11) is 3.09. The lowest BCUT2D eigenvalue weighted by Gasteiger charge is -2.11. The van der Waals surface area contributed by atoms with Gasteiger partial charge in [-0.15, -0.1) is 0 Å². The average molecular weight is 366 g/mol. The summed E-state index contributed by atoms with van der Waals surface area (Å²) in [6, 6.07) is 10.5. The molecule has 3 rings (SSSR count). The molecule has 0 aliphatic heterocycles. The maximum absolute atomic E-state index is 12.4. The summed E-state index contributed by atoms with van der Waals surface area (Å²) in [5, 5.41) is 2.69. The Morgan fingerprint density at radius 3 is 2.67 bits per heavy atom. The van der Waals surface area contributed by atoms with Crippen LogP contribution in [0.2, 0.25) is 0 Å². The Bertz CT molecular complexity index is 1000. The maximum atomic E-state index is 12.4. The molecule has 0 atom stereocenters. The molecular formula is C19H18N4O4. The smallest absolute Gasteiger partial charge is 0.264 e. The van der Waals surface area contributed by atoms with E-state index in [-0.39, 0.29) is 12.1 Å². The Kier molecular flexibility index (Phi) is 5.46. The number of nitrogens with one attached hydrogen (secondary N) is 2. The van der Waals surface area contributed by atoms with Crippen molar-refractivity contribution in [2.75, 3.05) is 14.2 Å². The van der Waals surface area contributed by atoms with E-state index in [4.69, 9.17) is 9.47 Å². The molecule has 1 amide bonds. The first kappa shape index (κ1) is 18.1. The second-order valence-electron chi connectivity index (χ2n) is 5.55. The van der Waals surface area contributed by atoms with Crippen molar-refractivity contribution in [3.05, 3.63) is 70.3 Å². The summed E-state index contributed by atoms with van der Waals surface area (Å²) >= 11 is 0. The van der Waals surface area contributed by atoms with E-state index in [2.05, 4.69) is 20.3 Å². The van der Waals surface area contributed by atoms with Crippen LogP contribution in [-0.4, -0.2) is 35.1 Å². The van der Waals surface area contributed by atoms with Crippen LogP contribution in [0.15, 0.2) is 53.6 Å². The molecule has 138 valence electrons. The van der Waals surface area contributed by atoms with E-state index in [0.717, 1.165) is 5.56 Å². The maximum Gasteiger partial charge on any atom is 0.264 e. The van der Waals surface area contributed by atoms with Crippen LogP contribution in [0.4, 0.5) is 0 Å². The molecule has 0 aliphatic carbocycles. The molecule has 2 N–H and O–H groups in total. The van der Waals surface area contributed by atoms with Crippen molar-refractivity contribution < 1.29 is 14.3 Å². The van der Waals surface area contributed by atoms with Crippen molar-refractivity contribution in [2.45, 2.75) is 6.54 Å². The summed E-state index contributed by atoms with van der Waals surface area (Å²) in [6.45, 7) is 0.188. The van der Waals surface area contributed by atoms with Gasteiger partial charge in [0.05, 0.1) is 14.2 Å². The quantitative estimate of drug-likeness (QED) is 0.689. The summed E-state index contributed by atoms with van der Waals surface area (Å²) < 4.78 is 10.4. The van der Waals surface area contributed by atoms with Gasteiger partial charge >= 0.3 is 0 Å². The number of amides is 1. The lowest BCUT2D eigenvalue weighted by atomic mass is 10.2. The molecule has 27 heavy (non-hydrogen) atoms. The van der Waals surface area contributed by atoms with Crippen LogP contribution < -0.4 is 20.3 Å². The van der Waals surface area contributed by atoms with Crippen molar-refractivity contribution in [3.63, 3.8) is 0 Å². The number of pyridine rings is 1. The Hall–Kier alpha value is -3.68. The van der Waals surface area contributed by atoms with Crippen LogP contribution in [0.5, 0.6) is 11.5 Å². The number of ether oxygens (including phenoxy) is 2. The van der Waals surface area contributed by atoms with Gasteiger partial charge in [0.2, 0.25) is 0 Å². The number of carbonyl (C=O) groups is 1. The zero-order valence-corrected chi connectivity index (χ0v) is 14.9. The first-order valence-corrected chi connectivity index (χ1v) is 8.12. The van der Waals surface area contributed by atoms with E-state index >= 15 is 0 Å². The lowest BCUT2D eigenvalue weighted by molar-refractivity contribution is 0.0949. The number of methoxy groups -OCH3 is 2. The van der Waals surface area contributed by atoms with E-state index in [9.17, 15) is 9.59 Å². The largest absolute Gasteiger partial charge is 0.497 e. The summed E-state index contributed by atoms with van der Waals surface area (Å²) in [5.74, 6) is 0.989. The number of nitrogens with zero attached hydrogens (tertiary/aromatic N) is 2. The Morgan fingerprint density at radius 1 is 1.15 bits per heavy atom. The van der Waals surface area contributed by atoms with E-state index in [1.807, 2.05) is 0 Å². The Morgan fingerprint density at radius 2 is 2.00 bits per heavy atom. The minimum atomic E-state index is -0.537. The molecule has 3 aromatic rings. The van der Waals surface area contributed by atoms with E-state index < -0.39 is 11.5 Å². The number of hydrogen-bond donors (Lipinski definition) is 2. The number of rotatable bonds is 6. The molecule has 0 radical (unpaired) electrons. The van der Waals surface area contributed by atoms with Crippen molar-refractivity contribution in [1.29, 1.82) is 0 Å². The van der Waals surface area contributed by atoms with Gasteiger partial charge in [0, 0.05) is 30.6 Å². The minimum Gasteiger partial charge on any atom is -0.497 e. The van der Waals surface area contributed by atoms with Gasteiger partial charge in [-0.1, -0.05) is 6.07 Å². The third-order valence-electron chi connectivity index (χ3n) is 3.89. The molecule has 0 fully saturated rings. The Balaban J connectivity index is 1.74. The highest BCUT2D eigenvalue weighted by molar-refractivity contribution is 5.93. The van der Waals surface area contributed by atoms with Gasteiger partial charge in [0.25, 0.3) is 11.5 Å². The van der Waals surface area contributed by atoms with Gasteiger partial charge in [0.1, 0.15) is 22.8 Å². The number of carbonyl (C=O) groups excluding carboxylic acids is 1. The van der Waals surface area contributed by atoms with Crippen LogP contribution in [0.25, 0.3) is 11.5 Å². The standard InChI is InChI=1S/C19H18N4O4/c1-26-13-7-6-12(16(9-13)27-2)10-22-18(24)14-11-21-17(23-19(14)25)15-5-3-4-8-20-15/h3-9,11H,10H2,1-2H3,(H,22,24)(H,21,23,25). The van der Waals surface area contributed by atoms with Crippen LogP contribution in [0.3, 0.4) is 0 Å². The molecule has 0 spiro atoms. The lowest BCUT2D eigenvalue weighted by Crippen LogP contribution is -2.30. The molecule has 2 aromatic heterocycles. The van der Waals surface area contributed by atoms with Crippen LogP contribution in [0.1, 0.15) is 15.9 Å². The molecule has 0 saturated heterocycles. The fourth-order valence-corrected chi connectivity index (χ4v) is 2.46. The predicted molar refractivity (Wildman–Crippen MR) is 98.8 cm³/mol. The van der Waals surface area contributed by atoms with E-state index in [1.54, 1.807) is 49.7 Å². The second-order valence-corrected chi connectivity index (χ2v) is 5.55. The molecule has 0 saturated carbocycles. The first-order valence-electron chi connectivity index (χ1n) is 8.12. The van der Waals surface area contributed by atoms with Gasteiger partial charge in [-0.3, -0.25) is 14.6 Å². The van der Waals surface area contributed by atoms with Crippen molar-refractivity contribution in [3.8, 4) is 23.0 Å². The zero-order valence-electron chi connectivity index (χ0n) is 14.9. The number of benzene rings is 1. The summed E-state index contributed by atoms with van der Waals surface area (Å²) in [5.41, 5.74) is 0.651. The van der Waals surface area contributed by atoms with Crippen molar-refractivity contribution >= 4 is 5.91 Å². The monoisotopic (exact) mass is 366 g/mol. The molecular weight excluding hydrogens is 348 g/mol. The Labute approximate surface area is 155 Å². The summed E-state index contributed by atoms with van der Waals surface area (Å²) in [4.78, 5) is 35.4. The number of aromatic nitrogens is 3. The van der Waals surface area contributed by atoms with E-state index in [1.165, 1.54) is 13.3 Å². The first-order chi connectivity index (χ1) is 13.1. The van der Waals surface area contributed by atoms with Crippen LogP contribution in [0, 0.1) is 0 Å². The number of H-pyrrole nitrogens is 1. The van der Waals surface area contributed by atoms with Gasteiger partial charge in [-0.05, 0) is 24.3 Å². The van der Waals surface area contributed by atoms with Gasteiger partial charge < -0.3 is 19.8 Å². The molecule has 8 heteroatoms. The van der Waals surface area contributed by atoms with Gasteiger partial charge in [-0.25, -0.2) is 4.98 Å². The van der Waals surface area contributed by atoms with Gasteiger partial charge in [0.15, 0.2) is 5.82 Å². The fraction of sp³-hybridized carbons (Fsp3) is 0.158. The topological polar surface area (TPSA) is 106 Å². The zero-order chi connectivity index (χ0) is 19.2. The van der Waals surface area contributed by atoms with Crippen molar-refractivity contribution in [1.82, 2.24) is 20.3 Å². The third-order valence-corrected chi connectivity index (χ3v) is 3.89. The van der Waals surface area contributed by atoms with Crippen molar-refractivity contribution in [2.24, 2.45) is 0 Å². The second kappa shape index (κ2) is 8.13.